The van der Waals surface area contributed by atoms with Crippen molar-refractivity contribution in [3.63, 3.8) is 0 Å². The average Bonchev–Trinajstić information content (AvgIpc) is 1.95. The van der Waals surface area contributed by atoms with Gasteiger partial charge in [-0.2, -0.15) is 0 Å². The number of primary amides is 1. The Balaban J connectivity index is 3.01. The van der Waals surface area contributed by atoms with Gasteiger partial charge >= 0.3 is 6.09 Å². The number of unbranched alkanes of at least 4 members (excludes halogenated alkanes) is 2. The number of carboxylic acid groups (broad SMARTS) is 1. The molecule has 0 aliphatic heterocycles. The minimum Gasteiger partial charge on any atom is -0.465 e. The van der Waals surface area contributed by atoms with Gasteiger partial charge in [0.15, 0.2) is 0 Å². The third-order valence-electron chi connectivity index (χ3n) is 1.38. The summed E-state index contributed by atoms with van der Waals surface area (Å²) in [5.41, 5.74) is 4.91. The van der Waals surface area contributed by atoms with Crippen molar-refractivity contribution in [3.05, 3.63) is 0 Å². The molecule has 5 heteroatoms. The van der Waals surface area contributed by atoms with Gasteiger partial charge in [0.05, 0.1) is 0 Å². The second-order valence-corrected chi connectivity index (χ2v) is 2.51. The Morgan fingerprint density at radius 2 is 1.92 bits per heavy atom. The molecule has 0 unspecified atom stereocenters. The van der Waals surface area contributed by atoms with Gasteiger partial charge in [0.25, 0.3) is 0 Å². The quantitative estimate of drug-likeness (QED) is 0.505. The molecule has 0 aliphatic carbocycles. The van der Waals surface area contributed by atoms with E-state index in [2.05, 4.69) is 5.32 Å². The van der Waals surface area contributed by atoms with Crippen LogP contribution in [-0.2, 0) is 4.79 Å². The molecule has 0 aliphatic rings. The van der Waals surface area contributed by atoms with Crippen molar-refractivity contribution >= 4 is 12.0 Å². The molecule has 2 amide bonds. The second-order valence-electron chi connectivity index (χ2n) is 2.51. The Kier molecular flexibility index (Phi) is 5.77. The molecule has 0 atom stereocenters. The maximum absolute atomic E-state index is 10.3. The van der Waals surface area contributed by atoms with E-state index in [0.29, 0.717) is 13.0 Å². The molecule has 0 saturated carbocycles. The molecule has 0 saturated heterocycles. The van der Waals surface area contributed by atoms with Crippen molar-refractivity contribution in [2.75, 3.05) is 6.54 Å². The first kappa shape index (κ1) is 10.7. The molecule has 0 rings (SSSR count). The van der Waals surface area contributed by atoms with Crippen LogP contribution >= 0.6 is 0 Å². The van der Waals surface area contributed by atoms with Crippen LogP contribution in [0.5, 0.6) is 0 Å². The summed E-state index contributed by atoms with van der Waals surface area (Å²) in [5, 5.41) is 10.4. The van der Waals surface area contributed by atoms with E-state index in [1.54, 1.807) is 0 Å². The predicted octanol–water partition coefficient (Wildman–Crippen LogP) is 0.300. The van der Waals surface area contributed by atoms with Crippen molar-refractivity contribution in [3.8, 4) is 0 Å². The minimum absolute atomic E-state index is 0.304. The van der Waals surface area contributed by atoms with Gasteiger partial charge in [-0.1, -0.05) is 6.42 Å². The summed E-state index contributed by atoms with van der Waals surface area (Å²) in [5.74, 6) is -0.304. The molecule has 12 heavy (non-hydrogen) atoms. The van der Waals surface area contributed by atoms with E-state index >= 15 is 0 Å². The first-order valence-electron chi connectivity index (χ1n) is 3.88. The van der Waals surface area contributed by atoms with Crippen LogP contribution in [0.2, 0.25) is 0 Å². The SMILES string of the molecule is NC(=O)CCCCCNC(=O)O. The summed E-state index contributed by atoms with van der Waals surface area (Å²) in [4.78, 5) is 20.2. The van der Waals surface area contributed by atoms with Gasteiger partial charge in [0, 0.05) is 13.0 Å². The lowest BCUT2D eigenvalue weighted by atomic mass is 10.2. The monoisotopic (exact) mass is 174 g/mol. The van der Waals surface area contributed by atoms with Crippen LogP contribution in [0.3, 0.4) is 0 Å². The van der Waals surface area contributed by atoms with E-state index in [1.807, 2.05) is 0 Å². The Labute approximate surface area is 70.9 Å². The van der Waals surface area contributed by atoms with Gasteiger partial charge in [-0.05, 0) is 12.8 Å². The molecule has 0 bridgehead atoms. The first-order valence-corrected chi connectivity index (χ1v) is 3.88. The summed E-state index contributed by atoms with van der Waals surface area (Å²) >= 11 is 0. The zero-order valence-corrected chi connectivity index (χ0v) is 6.88. The number of hydrogen-bond acceptors (Lipinski definition) is 2. The van der Waals surface area contributed by atoms with Crippen LogP contribution in [0.25, 0.3) is 0 Å². The highest BCUT2D eigenvalue weighted by Gasteiger charge is 1.95. The summed E-state index contributed by atoms with van der Waals surface area (Å²) in [6, 6.07) is 0. The van der Waals surface area contributed by atoms with Gasteiger partial charge in [-0.3, -0.25) is 4.79 Å². The fourth-order valence-corrected chi connectivity index (χ4v) is 0.796. The van der Waals surface area contributed by atoms with Crippen LogP contribution < -0.4 is 11.1 Å². The molecular weight excluding hydrogens is 160 g/mol. The molecule has 70 valence electrons. The van der Waals surface area contributed by atoms with Crippen LogP contribution in [0.15, 0.2) is 0 Å². The molecule has 0 aromatic heterocycles. The van der Waals surface area contributed by atoms with Crippen molar-refractivity contribution in [1.29, 1.82) is 0 Å². The van der Waals surface area contributed by atoms with Crippen LogP contribution in [0.4, 0.5) is 4.79 Å². The van der Waals surface area contributed by atoms with E-state index in [-0.39, 0.29) is 5.91 Å². The highest BCUT2D eigenvalue weighted by atomic mass is 16.4. The summed E-state index contributed by atoms with van der Waals surface area (Å²) in [6.07, 6.45) is 1.68. The Morgan fingerprint density at radius 1 is 1.25 bits per heavy atom. The molecule has 5 nitrogen and oxygen atoms in total. The van der Waals surface area contributed by atoms with Crippen LogP contribution in [0.1, 0.15) is 25.7 Å². The summed E-state index contributed by atoms with van der Waals surface area (Å²) in [7, 11) is 0. The second kappa shape index (κ2) is 6.45. The lowest BCUT2D eigenvalue weighted by Gasteiger charge is -1.99. The number of amides is 2. The molecule has 0 aromatic carbocycles. The Bertz CT molecular complexity index is 141. The Hall–Kier alpha value is -1.26. The topological polar surface area (TPSA) is 92.4 Å². The van der Waals surface area contributed by atoms with Crippen molar-refractivity contribution in [2.24, 2.45) is 5.73 Å². The predicted molar refractivity (Wildman–Crippen MR) is 43.7 cm³/mol. The molecule has 0 spiro atoms. The van der Waals surface area contributed by atoms with Crippen molar-refractivity contribution < 1.29 is 14.7 Å². The smallest absolute Gasteiger partial charge is 0.404 e. The zero-order chi connectivity index (χ0) is 9.40. The first-order chi connectivity index (χ1) is 5.63. The fraction of sp³-hybridized carbons (Fsp3) is 0.714. The van der Waals surface area contributed by atoms with Gasteiger partial charge in [0.2, 0.25) is 5.91 Å². The molecule has 0 fully saturated rings. The molecule has 4 N–H and O–H groups in total. The number of hydrogen-bond donors (Lipinski definition) is 3. The third-order valence-corrected chi connectivity index (χ3v) is 1.38. The molecule has 0 radical (unpaired) electrons. The number of nitrogens with two attached hydrogens (primary N) is 1. The average molecular weight is 174 g/mol. The van der Waals surface area contributed by atoms with E-state index < -0.39 is 6.09 Å². The maximum atomic E-state index is 10.3. The summed E-state index contributed by atoms with van der Waals surface area (Å²) < 4.78 is 0. The van der Waals surface area contributed by atoms with E-state index in [4.69, 9.17) is 10.8 Å². The van der Waals surface area contributed by atoms with Gasteiger partial charge in [-0.25, -0.2) is 4.79 Å². The number of carbonyl (C=O) groups is 2. The number of nitrogens with one attached hydrogen (secondary N) is 1. The highest BCUT2D eigenvalue weighted by molar-refractivity contribution is 5.73. The summed E-state index contributed by atoms with van der Waals surface area (Å²) in [6.45, 7) is 0.439. The lowest BCUT2D eigenvalue weighted by molar-refractivity contribution is -0.118. The Morgan fingerprint density at radius 3 is 2.42 bits per heavy atom. The minimum atomic E-state index is -1.01. The lowest BCUT2D eigenvalue weighted by Crippen LogP contribution is -2.21. The zero-order valence-electron chi connectivity index (χ0n) is 6.88. The number of rotatable bonds is 6. The van der Waals surface area contributed by atoms with E-state index in [1.165, 1.54) is 0 Å². The van der Waals surface area contributed by atoms with Gasteiger partial charge in [-0.15, -0.1) is 0 Å². The normalized spacial score (nSPS) is 9.33. The standard InChI is InChI=1S/C7H14N2O3/c8-6(10)4-2-1-3-5-9-7(11)12/h9H,1-5H2,(H2,8,10)(H,11,12). The third kappa shape index (κ3) is 8.74. The van der Waals surface area contributed by atoms with E-state index in [9.17, 15) is 9.59 Å². The highest BCUT2D eigenvalue weighted by Crippen LogP contribution is 1.97. The van der Waals surface area contributed by atoms with E-state index in [0.717, 1.165) is 19.3 Å². The van der Waals surface area contributed by atoms with Crippen molar-refractivity contribution in [2.45, 2.75) is 25.7 Å². The van der Waals surface area contributed by atoms with Gasteiger partial charge in [0.1, 0.15) is 0 Å². The van der Waals surface area contributed by atoms with Crippen LogP contribution in [0, 0.1) is 0 Å². The van der Waals surface area contributed by atoms with Crippen LogP contribution in [-0.4, -0.2) is 23.7 Å². The molecule has 0 heterocycles. The fourth-order valence-electron chi connectivity index (χ4n) is 0.796. The largest absolute Gasteiger partial charge is 0.465 e. The van der Waals surface area contributed by atoms with Crippen molar-refractivity contribution in [1.82, 2.24) is 5.32 Å². The molecular formula is C7H14N2O3. The maximum Gasteiger partial charge on any atom is 0.404 e. The molecule has 0 aromatic rings. The number of carbonyl (C=O) groups excluding carboxylic acids is 1. The van der Waals surface area contributed by atoms with Gasteiger partial charge < -0.3 is 16.2 Å².